The Morgan fingerprint density at radius 1 is 0.552 bits per heavy atom. The average molecular weight is 799 g/mol. The minimum atomic E-state index is -0.647. The van der Waals surface area contributed by atoms with Crippen LogP contribution in [0.1, 0.15) is 140 Å². The third-order valence-corrected chi connectivity index (χ3v) is 10.5. The summed E-state index contributed by atoms with van der Waals surface area (Å²) in [6.07, 6.45) is 8.40. The Hall–Kier alpha value is -5.26. The molecule has 0 saturated heterocycles. The molecule has 2 aliphatic rings. The third kappa shape index (κ3) is 11.2. The first-order valence-electron chi connectivity index (χ1n) is 20.0. The van der Waals surface area contributed by atoms with Gasteiger partial charge in [0.25, 0.3) is 0 Å². The van der Waals surface area contributed by atoms with Gasteiger partial charge in [-0.1, -0.05) is 0 Å². The fourth-order valence-corrected chi connectivity index (χ4v) is 7.03. The van der Waals surface area contributed by atoms with Crippen molar-refractivity contribution < 1.29 is 38.1 Å². The second kappa shape index (κ2) is 18.6. The summed E-state index contributed by atoms with van der Waals surface area (Å²) < 4.78 is 21.1. The molecule has 4 heterocycles. The van der Waals surface area contributed by atoms with Crippen LogP contribution in [0.2, 0.25) is 0 Å². The molecule has 2 N–H and O–H groups in total. The Kier molecular flexibility index (Phi) is 14.5. The van der Waals surface area contributed by atoms with Crippen LogP contribution in [0, 0.1) is 13.8 Å². The molecule has 12 nitrogen and oxygen atoms in total. The lowest BCUT2D eigenvalue weighted by Crippen LogP contribution is -2.28. The number of aryl methyl sites for hydroxylation is 2. The first kappa shape index (κ1) is 45.4. The van der Waals surface area contributed by atoms with Gasteiger partial charge < -0.3 is 28.9 Å². The van der Waals surface area contributed by atoms with Crippen LogP contribution >= 0.6 is 0 Å². The monoisotopic (exact) mass is 798 g/mol. The number of carbonyl (C=O) groups excluding carboxylic acids is 4. The van der Waals surface area contributed by atoms with Crippen LogP contribution in [0.3, 0.4) is 0 Å². The molecule has 0 aromatic carbocycles. The van der Waals surface area contributed by atoms with Gasteiger partial charge in [0.2, 0.25) is 0 Å². The summed E-state index contributed by atoms with van der Waals surface area (Å²) in [4.78, 5) is 67.0. The zero-order valence-corrected chi connectivity index (χ0v) is 37.0. The van der Waals surface area contributed by atoms with E-state index in [1.54, 1.807) is 0 Å². The molecule has 0 amide bonds. The van der Waals surface area contributed by atoms with Crippen molar-refractivity contribution in [3.63, 3.8) is 0 Å². The molecule has 0 spiro atoms. The van der Waals surface area contributed by atoms with Gasteiger partial charge in [-0.3, -0.25) is 9.59 Å². The Morgan fingerprint density at radius 3 is 1.21 bits per heavy atom. The van der Waals surface area contributed by atoms with E-state index in [0.29, 0.717) is 74.2 Å². The first-order valence-corrected chi connectivity index (χ1v) is 20.0. The molecule has 2 aromatic rings. The maximum absolute atomic E-state index is 13.0. The van der Waals surface area contributed by atoms with Gasteiger partial charge in [-0.2, -0.15) is 0 Å². The number of ether oxygens (including phenoxy) is 4. The predicted octanol–water partition coefficient (Wildman–Crippen LogP) is 8.68. The van der Waals surface area contributed by atoms with Crippen LogP contribution in [0.15, 0.2) is 43.7 Å². The fourth-order valence-electron chi connectivity index (χ4n) is 7.03. The SMILES string of the molecule is COC(=O)CCCc1c(CCc2[nH]c(/C=C3/N=C(C(=O)OC(C)(C)C)C(C)=C3C)c(C)c2CCCC(=O)OC)[nH]c(/C=C2/N=C(C(=O)OC(C)(C)C)C(C)=C2C)c1C. The summed E-state index contributed by atoms with van der Waals surface area (Å²) in [5.41, 5.74) is 12.2. The fraction of sp³-hybridized carbons (Fsp3) is 0.522. The number of hydrogen-bond acceptors (Lipinski definition) is 10. The smallest absolute Gasteiger partial charge is 0.357 e. The lowest BCUT2D eigenvalue weighted by Gasteiger charge is -2.19. The number of aliphatic imine (C=N–C) groups is 2. The van der Waals surface area contributed by atoms with Crippen LogP contribution in [0.25, 0.3) is 12.2 Å². The molecule has 2 aliphatic heterocycles. The molecular formula is C46H62N4O8. The molecule has 0 aliphatic carbocycles. The van der Waals surface area contributed by atoms with Crippen molar-refractivity contribution in [3.8, 4) is 0 Å². The second-order valence-corrected chi connectivity index (χ2v) is 17.1. The quantitative estimate of drug-likeness (QED) is 0.134. The molecule has 0 saturated carbocycles. The van der Waals surface area contributed by atoms with Gasteiger partial charge in [0.05, 0.1) is 25.6 Å². The summed E-state index contributed by atoms with van der Waals surface area (Å²) in [6.45, 7) is 22.8. The molecule has 0 radical (unpaired) electrons. The zero-order valence-electron chi connectivity index (χ0n) is 37.0. The molecule has 0 unspecified atom stereocenters. The maximum Gasteiger partial charge on any atom is 0.357 e. The number of carbonyl (C=O) groups is 4. The van der Waals surface area contributed by atoms with E-state index >= 15 is 0 Å². The summed E-state index contributed by atoms with van der Waals surface area (Å²) in [5.74, 6) is -1.42. The summed E-state index contributed by atoms with van der Waals surface area (Å²) in [6, 6.07) is 0. The topological polar surface area (TPSA) is 162 Å². The average Bonchev–Trinajstić information content (AvgIpc) is 3.80. The molecule has 0 atom stereocenters. The molecular weight excluding hydrogens is 737 g/mol. The first-order chi connectivity index (χ1) is 27.0. The second-order valence-electron chi connectivity index (χ2n) is 17.1. The Bertz CT molecular complexity index is 2000. The van der Waals surface area contributed by atoms with Crippen molar-refractivity contribution in [2.75, 3.05) is 14.2 Å². The molecule has 0 fully saturated rings. The minimum Gasteiger partial charge on any atom is -0.469 e. The lowest BCUT2D eigenvalue weighted by atomic mass is 9.97. The van der Waals surface area contributed by atoms with Crippen LogP contribution in [0.4, 0.5) is 0 Å². The number of allylic oxidation sites excluding steroid dienone is 2. The molecule has 4 rings (SSSR count). The van der Waals surface area contributed by atoms with Crippen molar-refractivity contribution in [2.24, 2.45) is 9.98 Å². The lowest BCUT2D eigenvalue weighted by molar-refractivity contribution is -0.147. The molecule has 0 bridgehead atoms. The Labute approximate surface area is 343 Å². The predicted molar refractivity (Wildman–Crippen MR) is 228 cm³/mol. The van der Waals surface area contributed by atoms with Gasteiger partial charge in [0.15, 0.2) is 11.4 Å². The summed E-state index contributed by atoms with van der Waals surface area (Å²) in [7, 11) is 2.79. The minimum absolute atomic E-state index is 0.256. The van der Waals surface area contributed by atoms with Gasteiger partial charge in [-0.15, -0.1) is 0 Å². The molecule has 314 valence electrons. The normalized spacial score (nSPS) is 16.0. The molecule has 58 heavy (non-hydrogen) atoms. The number of methoxy groups -OCH3 is 2. The number of nitrogens with one attached hydrogen (secondary N) is 2. The molecule has 2 aromatic heterocycles. The number of rotatable bonds is 15. The van der Waals surface area contributed by atoms with E-state index in [9.17, 15) is 19.2 Å². The number of H-pyrrole nitrogens is 2. The van der Waals surface area contributed by atoms with Crippen molar-refractivity contribution in [1.29, 1.82) is 0 Å². The Morgan fingerprint density at radius 2 is 0.897 bits per heavy atom. The van der Waals surface area contributed by atoms with Crippen LogP contribution in [-0.4, -0.2) is 70.7 Å². The van der Waals surface area contributed by atoms with E-state index in [2.05, 4.69) is 23.8 Å². The summed E-state index contributed by atoms with van der Waals surface area (Å²) >= 11 is 0. The largest absolute Gasteiger partial charge is 0.469 e. The van der Waals surface area contributed by atoms with Gasteiger partial charge in [0, 0.05) is 35.6 Å². The number of esters is 4. The van der Waals surface area contributed by atoms with Crippen LogP contribution in [-0.2, 0) is 63.8 Å². The third-order valence-electron chi connectivity index (χ3n) is 10.5. The van der Waals surface area contributed by atoms with E-state index in [-0.39, 0.29) is 11.9 Å². The van der Waals surface area contributed by atoms with Gasteiger partial charge in [-0.25, -0.2) is 19.6 Å². The van der Waals surface area contributed by atoms with E-state index in [1.807, 2.05) is 81.4 Å². The van der Waals surface area contributed by atoms with Crippen LogP contribution < -0.4 is 0 Å². The number of nitrogens with zero attached hydrogens (tertiary/aromatic N) is 2. The van der Waals surface area contributed by atoms with E-state index in [0.717, 1.165) is 67.3 Å². The highest BCUT2D eigenvalue weighted by atomic mass is 16.6. The van der Waals surface area contributed by atoms with Gasteiger partial charge in [-0.05, 0) is 178 Å². The summed E-state index contributed by atoms with van der Waals surface area (Å²) in [5, 5.41) is 0. The molecule has 12 heteroatoms. The van der Waals surface area contributed by atoms with Gasteiger partial charge >= 0.3 is 23.9 Å². The maximum atomic E-state index is 13.0. The number of aromatic nitrogens is 2. The van der Waals surface area contributed by atoms with Crippen molar-refractivity contribution in [2.45, 2.75) is 146 Å². The van der Waals surface area contributed by atoms with Crippen molar-refractivity contribution in [1.82, 2.24) is 9.97 Å². The van der Waals surface area contributed by atoms with Crippen molar-refractivity contribution in [3.05, 3.63) is 78.7 Å². The van der Waals surface area contributed by atoms with E-state index < -0.39 is 23.1 Å². The highest BCUT2D eigenvalue weighted by Gasteiger charge is 2.30. The number of aromatic amines is 2. The number of hydrogen-bond donors (Lipinski definition) is 2. The van der Waals surface area contributed by atoms with E-state index in [4.69, 9.17) is 28.9 Å². The van der Waals surface area contributed by atoms with Crippen LogP contribution in [0.5, 0.6) is 0 Å². The highest BCUT2D eigenvalue weighted by Crippen LogP contribution is 2.33. The Balaban J connectivity index is 1.73. The zero-order chi connectivity index (χ0) is 43.3. The van der Waals surface area contributed by atoms with Gasteiger partial charge in [0.1, 0.15) is 11.2 Å². The highest BCUT2D eigenvalue weighted by molar-refractivity contribution is 6.45. The standard InChI is InChI=1S/C46H62N4O8/c1-25-27(3)41(43(53)57-45(7,8)9)49-35(25)23-37-29(5)31(17-15-19-39(51)55-13)33(47-37)21-22-34-32(18-16-20-40(52)56-14)30(6)38(48-34)24-36-26(2)28(4)42(50-36)44(54)58-46(10,11)12/h23-24,47-48H,15-22H2,1-14H3/b35-23+,36-24+. The van der Waals surface area contributed by atoms with Crippen molar-refractivity contribution >= 4 is 47.5 Å². The van der Waals surface area contributed by atoms with E-state index in [1.165, 1.54) is 14.2 Å².